The molecule has 14 nitrogen and oxygen atoms in total. The van der Waals surface area contributed by atoms with Crippen LogP contribution in [0.4, 0.5) is 10.5 Å². The smallest absolute Gasteiger partial charge is 0.410 e. The number of nitrogens with zero attached hydrogens (tertiary/aromatic N) is 5. The number of hydrogen-bond donors (Lipinski definition) is 3. The number of aromatic nitrogens is 3. The maximum atomic E-state index is 13.9. The lowest BCUT2D eigenvalue weighted by Crippen LogP contribution is -2.43. The summed E-state index contributed by atoms with van der Waals surface area (Å²) in [6, 6.07) is 12.5. The quantitative estimate of drug-likeness (QED) is 0.118. The molecule has 1 saturated heterocycles. The fraction of sp³-hybridized carbons (Fsp3) is 0.489. The maximum absolute atomic E-state index is 13.9. The van der Waals surface area contributed by atoms with Crippen molar-refractivity contribution >= 4 is 52.8 Å². The van der Waals surface area contributed by atoms with Gasteiger partial charge in [-0.25, -0.2) is 9.78 Å². The van der Waals surface area contributed by atoms with Crippen LogP contribution in [0.3, 0.4) is 0 Å². The van der Waals surface area contributed by atoms with E-state index in [1.54, 1.807) is 36.4 Å². The van der Waals surface area contributed by atoms with Gasteiger partial charge in [0.25, 0.3) is 5.91 Å². The lowest BCUT2D eigenvalue weighted by Gasteiger charge is -2.32. The Kier molecular flexibility index (Phi) is 12.3. The Bertz CT molecular complexity index is 2460. The summed E-state index contributed by atoms with van der Waals surface area (Å²) < 4.78 is 13.4. The first kappa shape index (κ1) is 44.4. The van der Waals surface area contributed by atoms with Gasteiger partial charge in [0, 0.05) is 74.0 Å². The van der Waals surface area contributed by atoms with Crippen LogP contribution in [0, 0.1) is 10.8 Å². The Morgan fingerprint density at radius 2 is 1.81 bits per heavy atom. The summed E-state index contributed by atoms with van der Waals surface area (Å²) >= 11 is 14.2. The number of fused-ring (bicyclic) bond motifs is 3. The average molecular weight is 901 g/mol. The number of carboxylic acid groups (broad SMARTS) is 1. The normalized spacial score (nSPS) is 21.8. The molecule has 0 radical (unpaired) electrons. The van der Waals surface area contributed by atoms with Gasteiger partial charge in [-0.3, -0.25) is 24.3 Å². The molecule has 2 saturated carbocycles. The first-order valence-electron chi connectivity index (χ1n) is 21.7. The van der Waals surface area contributed by atoms with Gasteiger partial charge in [0.2, 0.25) is 5.91 Å². The highest BCUT2D eigenvalue weighted by Crippen LogP contribution is 2.63. The van der Waals surface area contributed by atoms with Crippen molar-refractivity contribution in [3.05, 3.63) is 81.5 Å². The van der Waals surface area contributed by atoms with Crippen LogP contribution in [0.25, 0.3) is 22.4 Å². The van der Waals surface area contributed by atoms with E-state index >= 15 is 0 Å². The number of imidazole rings is 1. The summed E-state index contributed by atoms with van der Waals surface area (Å²) in [6.07, 6.45) is 8.23. The van der Waals surface area contributed by atoms with Crippen molar-refractivity contribution in [1.29, 1.82) is 0 Å². The minimum atomic E-state index is -0.709. The fourth-order valence-electron chi connectivity index (χ4n) is 9.99. The molecule has 4 aromatic rings. The van der Waals surface area contributed by atoms with Crippen LogP contribution in [0.15, 0.2) is 48.7 Å². The molecule has 2 aliphatic carbocycles. The van der Waals surface area contributed by atoms with Gasteiger partial charge in [0.05, 0.1) is 51.9 Å². The minimum absolute atomic E-state index is 0.0386. The summed E-state index contributed by atoms with van der Waals surface area (Å²) in [6.45, 7) is 8.29. The molecule has 4 aliphatic rings. The molecule has 1 atom stereocenters. The number of amides is 3. The average Bonchev–Trinajstić information content (AvgIpc) is 4.03. The highest BCUT2D eigenvalue weighted by atomic mass is 35.5. The number of carbonyl (C=O) groups is 4. The summed E-state index contributed by atoms with van der Waals surface area (Å²) in [4.78, 5) is 64.5. The van der Waals surface area contributed by atoms with Gasteiger partial charge in [0.1, 0.15) is 11.4 Å². The van der Waals surface area contributed by atoms with Crippen molar-refractivity contribution in [3.8, 4) is 28.1 Å². The Labute approximate surface area is 377 Å². The number of carboxylic acids is 1. The van der Waals surface area contributed by atoms with Crippen LogP contribution in [0.2, 0.25) is 10.0 Å². The largest absolute Gasteiger partial charge is 0.496 e. The van der Waals surface area contributed by atoms with Crippen LogP contribution in [-0.2, 0) is 40.9 Å². The third-order valence-electron chi connectivity index (χ3n) is 13.5. The molecule has 334 valence electrons. The van der Waals surface area contributed by atoms with Crippen LogP contribution < -0.4 is 15.4 Å². The number of hydrogen-bond acceptors (Lipinski definition) is 9. The van der Waals surface area contributed by atoms with Gasteiger partial charge >= 0.3 is 12.1 Å². The number of aliphatic carboxylic acids is 1. The molecule has 0 spiro atoms. The minimum Gasteiger partial charge on any atom is -0.496 e. The first-order chi connectivity index (χ1) is 30.0. The molecule has 2 bridgehead atoms. The Morgan fingerprint density at radius 3 is 2.49 bits per heavy atom. The molecule has 2 aliphatic heterocycles. The number of ether oxygens (including phenoxy) is 2. The zero-order valence-corrected chi connectivity index (χ0v) is 38.0. The van der Waals surface area contributed by atoms with Crippen LogP contribution >= 0.6 is 23.2 Å². The SMILES string of the molecule is COc1cc(-c2nccc(-c3cccc(NC(=O)c4nc5c(n4C)CN(CCC46CCC(C(=O)O)(CC4)C6)CC5)c3Cl)c2Cl)ccc1CN(CC1CCC(=O)N1)C(=O)OC(C)(C)C. The summed E-state index contributed by atoms with van der Waals surface area (Å²) in [5.41, 5.74) is 4.28. The fourth-order valence-corrected chi connectivity index (χ4v) is 10.6. The van der Waals surface area contributed by atoms with E-state index in [-0.39, 0.29) is 36.4 Å². The maximum Gasteiger partial charge on any atom is 0.410 e. The van der Waals surface area contributed by atoms with E-state index in [1.807, 2.05) is 56.7 Å². The number of carbonyl (C=O) groups excluding carboxylic acids is 3. The van der Waals surface area contributed by atoms with E-state index in [9.17, 15) is 24.3 Å². The third-order valence-corrected chi connectivity index (χ3v) is 14.2. The number of methoxy groups -OCH3 is 1. The Hall–Kier alpha value is -5.18. The van der Waals surface area contributed by atoms with E-state index in [1.165, 1.54) is 0 Å². The van der Waals surface area contributed by atoms with E-state index in [4.69, 9.17) is 37.7 Å². The van der Waals surface area contributed by atoms with Crippen LogP contribution in [0.5, 0.6) is 5.75 Å². The van der Waals surface area contributed by atoms with Crippen molar-refractivity contribution in [2.45, 2.75) is 103 Å². The van der Waals surface area contributed by atoms with Crippen molar-refractivity contribution in [1.82, 2.24) is 29.7 Å². The van der Waals surface area contributed by atoms with Crippen molar-refractivity contribution in [3.63, 3.8) is 0 Å². The molecule has 3 amide bonds. The van der Waals surface area contributed by atoms with Crippen molar-refractivity contribution in [2.75, 3.05) is 32.1 Å². The topological polar surface area (TPSA) is 168 Å². The molecular formula is C47H55Cl2N7O7. The predicted octanol–water partition coefficient (Wildman–Crippen LogP) is 8.52. The highest BCUT2D eigenvalue weighted by Gasteiger charge is 2.57. The van der Waals surface area contributed by atoms with Gasteiger partial charge in [-0.2, -0.15) is 0 Å². The third kappa shape index (κ3) is 9.12. The molecule has 2 aromatic carbocycles. The molecule has 3 fully saturated rings. The van der Waals surface area contributed by atoms with Crippen molar-refractivity contribution in [2.24, 2.45) is 17.9 Å². The molecule has 2 aromatic heterocycles. The van der Waals surface area contributed by atoms with Gasteiger partial charge in [-0.1, -0.05) is 47.5 Å². The first-order valence-corrected chi connectivity index (χ1v) is 22.4. The monoisotopic (exact) mass is 899 g/mol. The molecule has 3 N–H and O–H groups in total. The second-order valence-electron chi connectivity index (χ2n) is 18.8. The zero-order valence-electron chi connectivity index (χ0n) is 36.5. The van der Waals surface area contributed by atoms with Crippen LogP contribution in [-0.4, -0.2) is 91.7 Å². The summed E-state index contributed by atoms with van der Waals surface area (Å²) in [5.74, 6) is -0.252. The number of anilines is 1. The van der Waals surface area contributed by atoms with Crippen molar-refractivity contribution < 1.29 is 33.8 Å². The van der Waals surface area contributed by atoms with E-state index in [2.05, 4.69) is 20.5 Å². The highest BCUT2D eigenvalue weighted by molar-refractivity contribution is 6.39. The summed E-state index contributed by atoms with van der Waals surface area (Å²) in [5, 5.41) is 16.4. The van der Waals surface area contributed by atoms with E-state index in [0.29, 0.717) is 69.1 Å². The number of benzene rings is 2. The van der Waals surface area contributed by atoms with Gasteiger partial charge < -0.3 is 34.7 Å². The van der Waals surface area contributed by atoms with Gasteiger partial charge in [-0.05, 0) is 95.9 Å². The second-order valence-corrected chi connectivity index (χ2v) is 19.5. The molecule has 4 heterocycles. The van der Waals surface area contributed by atoms with Gasteiger partial charge in [0.15, 0.2) is 5.82 Å². The van der Waals surface area contributed by atoms with E-state index in [0.717, 1.165) is 75.0 Å². The number of pyridine rings is 1. The van der Waals surface area contributed by atoms with Crippen LogP contribution in [0.1, 0.15) is 99.7 Å². The molecule has 16 heteroatoms. The van der Waals surface area contributed by atoms with Gasteiger partial charge in [-0.15, -0.1) is 0 Å². The molecular weight excluding hydrogens is 845 g/mol. The predicted molar refractivity (Wildman–Crippen MR) is 240 cm³/mol. The number of nitrogens with one attached hydrogen (secondary N) is 2. The standard InChI is InChI=1S/C47H55Cl2N7O7/c1-45(2,3)63-44(61)56(25-30-11-12-37(57)51-30)24-29-10-9-28(23-36(29)62-5)40-39(49)32(13-20-50-40)31-7-6-8-34(38(31)48)53-42(58)41-52-33-14-21-55(26-35(33)54(41)4)22-19-46-15-17-47(27-46,18-16-46)43(59)60/h6-10,13,20,23,30H,11-12,14-19,21-22,24-27H2,1-5H3,(H,51,57)(H,53,58)(H,59,60). The Morgan fingerprint density at radius 1 is 1.05 bits per heavy atom. The second kappa shape index (κ2) is 17.4. The number of halogens is 2. The molecule has 1 unspecified atom stereocenters. The van der Waals surface area contributed by atoms with E-state index < -0.39 is 23.1 Å². The lowest BCUT2D eigenvalue weighted by molar-refractivity contribution is -0.148. The lowest BCUT2D eigenvalue weighted by atomic mass is 9.80. The summed E-state index contributed by atoms with van der Waals surface area (Å²) in [7, 11) is 3.42. The molecule has 8 rings (SSSR count). The molecule has 63 heavy (non-hydrogen) atoms. The zero-order chi connectivity index (χ0) is 44.8. The Balaban J connectivity index is 0.965. The number of rotatable bonds is 13.